The molecule has 0 spiro atoms. The van der Waals surface area contributed by atoms with Crippen molar-refractivity contribution in [1.82, 2.24) is 25.0 Å². The lowest BCUT2D eigenvalue weighted by Crippen LogP contribution is -2.63. The van der Waals surface area contributed by atoms with E-state index < -0.39 is 0 Å². The first-order valence-corrected chi connectivity index (χ1v) is 8.38. The maximum Gasteiger partial charge on any atom is 0.141 e. The zero-order valence-corrected chi connectivity index (χ0v) is 14.3. The summed E-state index contributed by atoms with van der Waals surface area (Å²) in [6, 6.07) is 0.580. The van der Waals surface area contributed by atoms with Crippen molar-refractivity contribution >= 4 is 0 Å². The Kier molecular flexibility index (Phi) is 5.38. The fraction of sp³-hybridized carbons (Fsp3) is 0.875. The van der Waals surface area contributed by atoms with Gasteiger partial charge >= 0.3 is 0 Å². The van der Waals surface area contributed by atoms with Crippen molar-refractivity contribution in [2.24, 2.45) is 5.92 Å². The van der Waals surface area contributed by atoms with E-state index in [0.717, 1.165) is 38.4 Å². The molecule has 0 amide bonds. The Labute approximate surface area is 129 Å². The van der Waals surface area contributed by atoms with Gasteiger partial charge in [0.25, 0.3) is 0 Å². The Morgan fingerprint density at radius 2 is 2.19 bits per heavy atom. The lowest BCUT2D eigenvalue weighted by molar-refractivity contribution is 0.0456. The number of hydrogen-bond acceptors (Lipinski definition) is 4. The van der Waals surface area contributed by atoms with Crippen LogP contribution in [-0.4, -0.2) is 44.3 Å². The minimum absolute atomic E-state index is 0.209. The lowest BCUT2D eigenvalue weighted by atomic mass is 9.88. The fourth-order valence-electron chi connectivity index (χ4n) is 3.20. The van der Waals surface area contributed by atoms with Crippen molar-refractivity contribution in [3.63, 3.8) is 0 Å². The van der Waals surface area contributed by atoms with Crippen molar-refractivity contribution in [3.8, 4) is 0 Å². The molecule has 1 aliphatic heterocycles. The molecule has 0 radical (unpaired) electrons. The van der Waals surface area contributed by atoms with Gasteiger partial charge in [-0.05, 0) is 26.2 Å². The molecule has 5 heteroatoms. The first-order valence-electron chi connectivity index (χ1n) is 8.38. The second-order valence-electron chi connectivity index (χ2n) is 6.65. The molecule has 0 saturated carbocycles. The summed E-state index contributed by atoms with van der Waals surface area (Å²) in [4.78, 5) is 7.08. The monoisotopic (exact) mass is 293 g/mol. The summed E-state index contributed by atoms with van der Waals surface area (Å²) in [5.41, 5.74) is 0.209. The molecule has 1 fully saturated rings. The van der Waals surface area contributed by atoms with Crippen molar-refractivity contribution in [2.45, 2.75) is 72.1 Å². The van der Waals surface area contributed by atoms with Gasteiger partial charge in [0.05, 0.1) is 6.54 Å². The lowest BCUT2D eigenvalue weighted by Gasteiger charge is -2.47. The average Bonchev–Trinajstić information content (AvgIpc) is 2.94. The molecule has 0 aliphatic carbocycles. The maximum absolute atomic E-state index is 4.46. The predicted molar refractivity (Wildman–Crippen MR) is 86.0 cm³/mol. The summed E-state index contributed by atoms with van der Waals surface area (Å²) in [5, 5.41) is 8.07. The second-order valence-corrected chi connectivity index (χ2v) is 6.65. The van der Waals surface area contributed by atoms with Crippen LogP contribution in [0.4, 0.5) is 0 Å². The van der Waals surface area contributed by atoms with Crippen LogP contribution >= 0.6 is 0 Å². The smallest absolute Gasteiger partial charge is 0.141 e. The predicted octanol–water partition coefficient (Wildman–Crippen LogP) is 2.29. The van der Waals surface area contributed by atoms with Gasteiger partial charge < -0.3 is 5.32 Å². The van der Waals surface area contributed by atoms with E-state index in [1.165, 1.54) is 6.42 Å². The molecule has 2 rings (SSSR count). The molecule has 1 aromatic rings. The molecule has 0 bridgehead atoms. The molecular weight excluding hydrogens is 262 g/mol. The van der Waals surface area contributed by atoms with E-state index in [-0.39, 0.29) is 5.54 Å². The fourth-order valence-corrected chi connectivity index (χ4v) is 3.20. The van der Waals surface area contributed by atoms with Gasteiger partial charge in [0.1, 0.15) is 12.2 Å². The Hall–Kier alpha value is -0.940. The number of aryl methyl sites for hydroxylation is 1. The van der Waals surface area contributed by atoms with E-state index in [1.807, 2.05) is 4.68 Å². The summed E-state index contributed by atoms with van der Waals surface area (Å²) in [6.07, 6.45) is 4.04. The molecule has 1 saturated heterocycles. The Bertz CT molecular complexity index is 444. The third-order valence-corrected chi connectivity index (χ3v) is 5.18. The van der Waals surface area contributed by atoms with Crippen molar-refractivity contribution in [3.05, 3.63) is 12.2 Å². The highest BCUT2D eigenvalue weighted by Crippen LogP contribution is 2.25. The molecule has 120 valence electrons. The number of aromatic nitrogens is 3. The first-order chi connectivity index (χ1) is 10.0. The van der Waals surface area contributed by atoms with Crippen molar-refractivity contribution in [2.75, 3.05) is 13.1 Å². The molecular formula is C16H31N5. The van der Waals surface area contributed by atoms with Gasteiger partial charge in [0.2, 0.25) is 0 Å². The van der Waals surface area contributed by atoms with Gasteiger partial charge in [-0.3, -0.25) is 4.90 Å². The highest BCUT2D eigenvalue weighted by Gasteiger charge is 2.36. The standard InChI is InChI=1S/C16H31N5/c1-6-13(4)14-9-18-16(5,7-2)11-20(14)10-15-17-12-19-21(15)8-3/h12-14,18H,6-11H2,1-5H3. The van der Waals surface area contributed by atoms with Gasteiger partial charge in [-0.2, -0.15) is 5.10 Å². The quantitative estimate of drug-likeness (QED) is 0.874. The summed E-state index contributed by atoms with van der Waals surface area (Å²) in [6.45, 7) is 15.3. The molecule has 2 heterocycles. The first kappa shape index (κ1) is 16.4. The zero-order valence-electron chi connectivity index (χ0n) is 14.3. The minimum atomic E-state index is 0.209. The minimum Gasteiger partial charge on any atom is -0.309 e. The normalized spacial score (nSPS) is 28.7. The van der Waals surface area contributed by atoms with Crippen LogP contribution in [0.3, 0.4) is 0 Å². The largest absolute Gasteiger partial charge is 0.309 e. The molecule has 0 aromatic carbocycles. The molecule has 5 nitrogen and oxygen atoms in total. The van der Waals surface area contributed by atoms with E-state index in [0.29, 0.717) is 12.0 Å². The maximum atomic E-state index is 4.46. The molecule has 1 aromatic heterocycles. The number of rotatable bonds is 6. The summed E-state index contributed by atoms with van der Waals surface area (Å²) < 4.78 is 2.01. The number of nitrogens with zero attached hydrogens (tertiary/aromatic N) is 4. The zero-order chi connectivity index (χ0) is 15.5. The van der Waals surface area contributed by atoms with E-state index in [2.05, 4.69) is 54.9 Å². The highest BCUT2D eigenvalue weighted by molar-refractivity contribution is 4.98. The number of nitrogens with one attached hydrogen (secondary N) is 1. The molecule has 3 unspecified atom stereocenters. The van der Waals surface area contributed by atoms with Crippen LogP contribution in [0.2, 0.25) is 0 Å². The van der Waals surface area contributed by atoms with Crippen LogP contribution in [0, 0.1) is 5.92 Å². The highest BCUT2D eigenvalue weighted by atomic mass is 15.4. The third kappa shape index (κ3) is 3.64. The van der Waals surface area contributed by atoms with Crippen LogP contribution in [-0.2, 0) is 13.1 Å². The van der Waals surface area contributed by atoms with E-state index >= 15 is 0 Å². The summed E-state index contributed by atoms with van der Waals surface area (Å²) >= 11 is 0. The van der Waals surface area contributed by atoms with Gasteiger partial charge in [0, 0.05) is 31.2 Å². The van der Waals surface area contributed by atoms with Crippen LogP contribution in [0.25, 0.3) is 0 Å². The van der Waals surface area contributed by atoms with E-state index in [4.69, 9.17) is 0 Å². The SMILES string of the molecule is CCC(C)C1CNC(C)(CC)CN1Cc1ncnn1CC. The van der Waals surface area contributed by atoms with Crippen molar-refractivity contribution < 1.29 is 0 Å². The summed E-state index contributed by atoms with van der Waals surface area (Å²) in [5.74, 6) is 1.78. The van der Waals surface area contributed by atoms with Crippen LogP contribution < -0.4 is 5.32 Å². The van der Waals surface area contributed by atoms with Crippen LogP contribution in [0.1, 0.15) is 53.3 Å². The van der Waals surface area contributed by atoms with Gasteiger partial charge in [-0.1, -0.05) is 27.2 Å². The van der Waals surface area contributed by atoms with E-state index in [9.17, 15) is 0 Å². The Morgan fingerprint density at radius 1 is 1.43 bits per heavy atom. The topological polar surface area (TPSA) is 46.0 Å². The van der Waals surface area contributed by atoms with Crippen molar-refractivity contribution in [1.29, 1.82) is 0 Å². The van der Waals surface area contributed by atoms with Crippen LogP contribution in [0.15, 0.2) is 6.33 Å². The molecule has 3 atom stereocenters. The van der Waals surface area contributed by atoms with Gasteiger partial charge in [-0.25, -0.2) is 9.67 Å². The average molecular weight is 293 g/mol. The number of hydrogen-bond donors (Lipinski definition) is 1. The third-order valence-electron chi connectivity index (χ3n) is 5.18. The Morgan fingerprint density at radius 3 is 2.81 bits per heavy atom. The second kappa shape index (κ2) is 6.88. The molecule has 1 N–H and O–H groups in total. The Balaban J connectivity index is 2.16. The summed E-state index contributed by atoms with van der Waals surface area (Å²) in [7, 11) is 0. The van der Waals surface area contributed by atoms with Gasteiger partial charge in [0.15, 0.2) is 0 Å². The molecule has 21 heavy (non-hydrogen) atoms. The number of piperazine rings is 1. The van der Waals surface area contributed by atoms with E-state index in [1.54, 1.807) is 6.33 Å². The molecule has 1 aliphatic rings. The van der Waals surface area contributed by atoms with Crippen LogP contribution in [0.5, 0.6) is 0 Å². The van der Waals surface area contributed by atoms with Gasteiger partial charge in [-0.15, -0.1) is 0 Å².